The first-order valence-electron chi connectivity index (χ1n) is 11.6. The van der Waals surface area contributed by atoms with Crippen molar-refractivity contribution in [2.24, 2.45) is 11.7 Å². The lowest BCUT2D eigenvalue weighted by atomic mass is 10.1. The van der Waals surface area contributed by atoms with Crippen molar-refractivity contribution in [1.29, 1.82) is 0 Å². The first-order chi connectivity index (χ1) is 17.5. The van der Waals surface area contributed by atoms with Gasteiger partial charge in [0, 0.05) is 61.2 Å². The molecule has 0 spiro atoms. The quantitative estimate of drug-likeness (QED) is 0.538. The van der Waals surface area contributed by atoms with E-state index in [1.165, 1.54) is 31.6 Å². The Bertz CT molecular complexity index is 1100. The fraction of sp³-hybridized carbons (Fsp3) is 0.462. The van der Waals surface area contributed by atoms with Crippen LogP contribution in [-0.4, -0.2) is 56.3 Å². The molecule has 3 rings (SSSR count). The van der Waals surface area contributed by atoms with Crippen LogP contribution in [0.15, 0.2) is 29.4 Å². The molecule has 9 nitrogen and oxygen atoms in total. The van der Waals surface area contributed by atoms with Crippen LogP contribution >= 0.6 is 0 Å². The summed E-state index contributed by atoms with van der Waals surface area (Å²) in [5, 5.41) is 0. The van der Waals surface area contributed by atoms with Gasteiger partial charge in [-0.15, -0.1) is 12.8 Å². The number of ether oxygens (including phenoxy) is 2. The van der Waals surface area contributed by atoms with Crippen LogP contribution in [0.25, 0.3) is 0 Å². The molecule has 2 heterocycles. The summed E-state index contributed by atoms with van der Waals surface area (Å²) in [7, 11) is -1.28. The third-order valence-corrected chi connectivity index (χ3v) is 6.01. The molecular formula is C26H35FN4O5S. The number of hydrogen-bond donors (Lipinski definition) is 1. The maximum Gasteiger partial charge on any atom is 0.229 e. The predicted molar refractivity (Wildman–Crippen MR) is 140 cm³/mol. The number of halogens is 1. The van der Waals surface area contributed by atoms with Gasteiger partial charge in [0.25, 0.3) is 0 Å². The third-order valence-electron chi connectivity index (χ3n) is 5.09. The normalized spacial score (nSPS) is 13.9. The van der Waals surface area contributed by atoms with E-state index in [0.717, 1.165) is 0 Å². The van der Waals surface area contributed by atoms with Crippen LogP contribution in [0.2, 0.25) is 0 Å². The number of rotatable bonds is 7. The van der Waals surface area contributed by atoms with Gasteiger partial charge in [-0.1, -0.05) is 13.8 Å². The monoisotopic (exact) mass is 534 g/mol. The lowest BCUT2D eigenvalue weighted by Crippen LogP contribution is -2.42. The van der Waals surface area contributed by atoms with Gasteiger partial charge in [-0.3, -0.25) is 13.8 Å². The van der Waals surface area contributed by atoms with E-state index in [1.54, 1.807) is 13.0 Å². The Hall–Kier alpha value is -3.52. The van der Waals surface area contributed by atoms with Crippen molar-refractivity contribution >= 4 is 22.6 Å². The van der Waals surface area contributed by atoms with Gasteiger partial charge in [-0.25, -0.2) is 14.4 Å². The summed E-state index contributed by atoms with van der Waals surface area (Å²) in [6.45, 7) is 8.44. The summed E-state index contributed by atoms with van der Waals surface area (Å²) < 4.78 is 37.5. The SMILES string of the molecule is C#C.CC(N)=O.Cc1c(Oc2ccc(S(C)=O)cc2F)ncnc1OC1CCN(C(=O)CC(C)C)CC1. The Morgan fingerprint density at radius 1 is 1.22 bits per heavy atom. The molecule has 0 bridgehead atoms. The zero-order valence-electron chi connectivity index (χ0n) is 21.9. The molecule has 0 aliphatic carbocycles. The lowest BCUT2D eigenvalue weighted by molar-refractivity contribution is -0.133. The number of amides is 2. The fourth-order valence-electron chi connectivity index (χ4n) is 3.35. The topological polar surface area (TPSA) is 125 Å². The van der Waals surface area contributed by atoms with Crippen LogP contribution in [0.3, 0.4) is 0 Å². The van der Waals surface area contributed by atoms with Crippen molar-refractivity contribution in [3.05, 3.63) is 35.9 Å². The molecule has 1 aliphatic heterocycles. The van der Waals surface area contributed by atoms with Crippen LogP contribution in [0.5, 0.6) is 17.5 Å². The average molecular weight is 535 g/mol. The molecule has 1 fully saturated rings. The second-order valence-corrected chi connectivity index (χ2v) is 10.0. The Labute approximate surface area is 220 Å². The molecule has 1 aliphatic rings. The molecule has 1 atom stereocenters. The average Bonchev–Trinajstić information content (AvgIpc) is 2.83. The minimum Gasteiger partial charge on any atom is -0.474 e. The lowest BCUT2D eigenvalue weighted by Gasteiger charge is -2.32. The number of hydrogen-bond acceptors (Lipinski definition) is 7. The minimum absolute atomic E-state index is 0.0149. The van der Waals surface area contributed by atoms with E-state index in [4.69, 9.17) is 9.47 Å². The van der Waals surface area contributed by atoms with E-state index in [-0.39, 0.29) is 29.5 Å². The zero-order chi connectivity index (χ0) is 28.1. The number of piperidine rings is 1. The fourth-order valence-corrected chi connectivity index (χ4v) is 3.88. The van der Waals surface area contributed by atoms with Crippen molar-refractivity contribution in [3.63, 3.8) is 0 Å². The van der Waals surface area contributed by atoms with E-state index in [0.29, 0.717) is 54.6 Å². The van der Waals surface area contributed by atoms with Crippen LogP contribution in [0, 0.1) is 31.5 Å². The molecule has 37 heavy (non-hydrogen) atoms. The standard InChI is InChI=1S/C22H28FN3O4S.C2H5NO.C2H2/c1-14(2)11-20(27)26-9-7-16(8-10-26)29-21-15(3)22(25-13-24-21)30-19-6-5-17(31(4)28)12-18(19)23;1-2(3)4;1-2/h5-6,12-14,16H,7-11H2,1-4H3;1H3,(H2,3,4);1-2H. The minimum atomic E-state index is -1.28. The highest BCUT2D eigenvalue weighted by atomic mass is 32.2. The van der Waals surface area contributed by atoms with Gasteiger partial charge in [0.2, 0.25) is 23.6 Å². The Balaban J connectivity index is 0.00000104. The highest BCUT2D eigenvalue weighted by molar-refractivity contribution is 7.84. The van der Waals surface area contributed by atoms with Crippen LogP contribution < -0.4 is 15.2 Å². The summed E-state index contributed by atoms with van der Waals surface area (Å²) in [5.41, 5.74) is 5.03. The molecule has 0 radical (unpaired) electrons. The number of carbonyl (C=O) groups is 2. The smallest absolute Gasteiger partial charge is 0.229 e. The van der Waals surface area contributed by atoms with Crippen LogP contribution in [0.4, 0.5) is 4.39 Å². The van der Waals surface area contributed by atoms with Crippen molar-refractivity contribution in [2.75, 3.05) is 19.3 Å². The molecule has 2 amide bonds. The van der Waals surface area contributed by atoms with Gasteiger partial charge in [-0.2, -0.15) is 0 Å². The molecule has 202 valence electrons. The largest absolute Gasteiger partial charge is 0.474 e. The Morgan fingerprint density at radius 3 is 2.30 bits per heavy atom. The van der Waals surface area contributed by atoms with Crippen molar-refractivity contribution in [3.8, 4) is 30.4 Å². The van der Waals surface area contributed by atoms with Crippen LogP contribution in [0.1, 0.15) is 45.6 Å². The summed E-state index contributed by atoms with van der Waals surface area (Å²) in [5.74, 6) is 0.129. The van der Waals surface area contributed by atoms with E-state index < -0.39 is 16.6 Å². The van der Waals surface area contributed by atoms with Crippen molar-refractivity contribution < 1.29 is 27.7 Å². The van der Waals surface area contributed by atoms with Crippen LogP contribution in [-0.2, 0) is 20.4 Å². The summed E-state index contributed by atoms with van der Waals surface area (Å²) in [6.07, 6.45) is 12.7. The predicted octanol–water partition coefficient (Wildman–Crippen LogP) is 3.61. The second kappa shape index (κ2) is 15.6. The van der Waals surface area contributed by atoms with Gasteiger partial charge < -0.3 is 20.1 Å². The maximum atomic E-state index is 14.3. The molecule has 1 saturated heterocycles. The second-order valence-electron chi connectivity index (χ2n) is 8.66. The number of primary amides is 1. The summed E-state index contributed by atoms with van der Waals surface area (Å²) >= 11 is 0. The number of likely N-dealkylation sites (tertiary alicyclic amines) is 1. The summed E-state index contributed by atoms with van der Waals surface area (Å²) in [6, 6.07) is 4.17. The van der Waals surface area contributed by atoms with E-state index in [1.807, 2.05) is 18.7 Å². The highest BCUT2D eigenvalue weighted by Crippen LogP contribution is 2.31. The number of terminal acetylenes is 1. The molecule has 11 heteroatoms. The van der Waals surface area contributed by atoms with Gasteiger partial charge in [-0.05, 0) is 31.0 Å². The van der Waals surface area contributed by atoms with Crippen molar-refractivity contribution in [2.45, 2.75) is 58.0 Å². The number of aromatic nitrogens is 2. The summed E-state index contributed by atoms with van der Waals surface area (Å²) in [4.78, 5) is 32.0. The van der Waals surface area contributed by atoms with E-state index in [2.05, 4.69) is 28.5 Å². The third kappa shape index (κ3) is 10.6. The van der Waals surface area contributed by atoms with Gasteiger partial charge in [0.15, 0.2) is 11.6 Å². The molecule has 0 saturated carbocycles. The molecule has 2 N–H and O–H groups in total. The molecule has 1 aromatic heterocycles. The van der Waals surface area contributed by atoms with Gasteiger partial charge in [0.1, 0.15) is 12.4 Å². The highest BCUT2D eigenvalue weighted by Gasteiger charge is 2.25. The van der Waals surface area contributed by atoms with E-state index >= 15 is 0 Å². The molecule has 2 aromatic rings. The number of nitrogens with two attached hydrogens (primary N) is 1. The molecule has 1 aromatic carbocycles. The van der Waals surface area contributed by atoms with Crippen molar-refractivity contribution in [1.82, 2.24) is 14.9 Å². The Morgan fingerprint density at radius 2 is 1.78 bits per heavy atom. The molecular weight excluding hydrogens is 499 g/mol. The first kappa shape index (κ1) is 31.5. The first-order valence-corrected chi connectivity index (χ1v) is 13.2. The number of nitrogens with zero attached hydrogens (tertiary/aromatic N) is 3. The number of benzene rings is 1. The zero-order valence-corrected chi connectivity index (χ0v) is 22.7. The van der Waals surface area contributed by atoms with E-state index in [9.17, 15) is 18.2 Å². The number of carbonyl (C=O) groups excluding carboxylic acids is 2. The van der Waals surface area contributed by atoms with Gasteiger partial charge in [0.05, 0.1) is 5.56 Å². The molecule has 1 unspecified atom stereocenters. The maximum absolute atomic E-state index is 14.3. The van der Waals surface area contributed by atoms with Gasteiger partial charge >= 0.3 is 0 Å². The Kier molecular flexibility index (Phi) is 13.3.